The molecule has 1 aromatic carbocycles. The van der Waals surface area contributed by atoms with Gasteiger partial charge in [-0.1, -0.05) is 13.0 Å². The van der Waals surface area contributed by atoms with Crippen molar-refractivity contribution in [3.05, 3.63) is 23.8 Å². The average Bonchev–Trinajstić information content (AvgIpc) is 2.81. The van der Waals surface area contributed by atoms with Gasteiger partial charge in [-0.15, -0.1) is 0 Å². The van der Waals surface area contributed by atoms with Gasteiger partial charge in [-0.2, -0.15) is 0 Å². The first-order valence-electron chi connectivity index (χ1n) is 7.68. The Morgan fingerprint density at radius 2 is 2.10 bits per heavy atom. The van der Waals surface area contributed by atoms with Gasteiger partial charge in [-0.3, -0.25) is 4.79 Å². The SMILES string of the molecule is CCN1CCC(N(C)c2ccc3c(c2)NC(=O)C3O)CC1. The molecule has 2 N–H and O–H groups in total. The molecule has 1 unspecified atom stereocenters. The maximum absolute atomic E-state index is 11.5. The molecule has 0 aliphatic carbocycles. The molecular formula is C16H23N3O2. The van der Waals surface area contributed by atoms with Gasteiger partial charge in [0, 0.05) is 43.1 Å². The van der Waals surface area contributed by atoms with E-state index < -0.39 is 6.10 Å². The zero-order valence-corrected chi connectivity index (χ0v) is 12.7. The summed E-state index contributed by atoms with van der Waals surface area (Å²) >= 11 is 0. The van der Waals surface area contributed by atoms with Crippen LogP contribution in [0, 0.1) is 0 Å². The van der Waals surface area contributed by atoms with Crippen molar-refractivity contribution >= 4 is 17.3 Å². The van der Waals surface area contributed by atoms with Gasteiger partial charge >= 0.3 is 0 Å². The van der Waals surface area contributed by atoms with E-state index in [0.29, 0.717) is 11.6 Å². The maximum Gasteiger partial charge on any atom is 0.257 e. The lowest BCUT2D eigenvalue weighted by atomic mass is 10.0. The number of amides is 1. The van der Waals surface area contributed by atoms with Crippen LogP contribution in [-0.2, 0) is 4.79 Å². The van der Waals surface area contributed by atoms with Crippen molar-refractivity contribution < 1.29 is 9.90 Å². The van der Waals surface area contributed by atoms with Gasteiger partial charge in [0.15, 0.2) is 6.10 Å². The Bertz CT molecular complexity index is 538. The number of benzene rings is 1. The number of aliphatic hydroxyl groups excluding tert-OH is 1. The number of aliphatic hydroxyl groups is 1. The number of rotatable bonds is 3. The zero-order valence-electron chi connectivity index (χ0n) is 12.7. The molecule has 1 aromatic rings. The van der Waals surface area contributed by atoms with Crippen LogP contribution in [0.15, 0.2) is 18.2 Å². The standard InChI is InChI=1S/C16H23N3O2/c1-3-19-8-6-11(7-9-19)18(2)12-4-5-13-14(10-12)17-16(21)15(13)20/h4-5,10-11,15,20H,3,6-9H2,1-2H3,(H,17,21). The number of piperidine rings is 1. The number of anilines is 2. The fraction of sp³-hybridized carbons (Fsp3) is 0.562. The fourth-order valence-electron chi connectivity index (χ4n) is 3.29. The van der Waals surface area contributed by atoms with E-state index in [4.69, 9.17) is 0 Å². The quantitative estimate of drug-likeness (QED) is 0.887. The van der Waals surface area contributed by atoms with E-state index in [-0.39, 0.29) is 5.91 Å². The first-order valence-corrected chi connectivity index (χ1v) is 7.68. The molecule has 0 spiro atoms. The molecule has 114 valence electrons. The number of nitrogens with zero attached hydrogens (tertiary/aromatic N) is 2. The van der Waals surface area contributed by atoms with Crippen molar-refractivity contribution in [2.45, 2.75) is 31.9 Å². The minimum absolute atomic E-state index is 0.332. The van der Waals surface area contributed by atoms with Gasteiger partial charge in [0.05, 0.1) is 0 Å². The molecule has 2 heterocycles. The highest BCUT2D eigenvalue weighted by atomic mass is 16.3. The molecule has 1 saturated heterocycles. The summed E-state index contributed by atoms with van der Waals surface area (Å²) in [5, 5.41) is 12.5. The molecule has 1 atom stereocenters. The van der Waals surface area contributed by atoms with E-state index in [1.165, 1.54) is 0 Å². The van der Waals surface area contributed by atoms with Crippen LogP contribution in [-0.4, -0.2) is 48.6 Å². The summed E-state index contributed by atoms with van der Waals surface area (Å²) in [4.78, 5) is 16.3. The van der Waals surface area contributed by atoms with Gasteiger partial charge < -0.3 is 20.2 Å². The Hall–Kier alpha value is -1.59. The summed E-state index contributed by atoms with van der Waals surface area (Å²) in [6, 6.07) is 6.35. The Balaban J connectivity index is 1.73. The molecular weight excluding hydrogens is 266 g/mol. The van der Waals surface area contributed by atoms with E-state index >= 15 is 0 Å². The summed E-state index contributed by atoms with van der Waals surface area (Å²) < 4.78 is 0. The smallest absolute Gasteiger partial charge is 0.257 e. The Morgan fingerprint density at radius 3 is 2.76 bits per heavy atom. The highest BCUT2D eigenvalue weighted by Gasteiger charge is 2.29. The molecule has 2 aliphatic heterocycles. The third kappa shape index (κ3) is 2.63. The van der Waals surface area contributed by atoms with E-state index in [0.717, 1.165) is 43.9 Å². The highest BCUT2D eigenvalue weighted by Crippen LogP contribution is 2.34. The maximum atomic E-state index is 11.5. The van der Waals surface area contributed by atoms with Crippen molar-refractivity contribution in [2.75, 3.05) is 36.9 Å². The average molecular weight is 289 g/mol. The largest absolute Gasteiger partial charge is 0.378 e. The monoisotopic (exact) mass is 289 g/mol. The zero-order chi connectivity index (χ0) is 15.0. The summed E-state index contributed by atoms with van der Waals surface area (Å²) in [7, 11) is 2.11. The first-order chi connectivity index (χ1) is 10.1. The highest BCUT2D eigenvalue weighted by molar-refractivity contribution is 6.02. The van der Waals surface area contributed by atoms with Gasteiger partial charge in [0.25, 0.3) is 5.91 Å². The molecule has 0 saturated carbocycles. The molecule has 5 nitrogen and oxygen atoms in total. The molecule has 0 aromatic heterocycles. The van der Waals surface area contributed by atoms with Crippen molar-refractivity contribution in [1.82, 2.24) is 4.90 Å². The van der Waals surface area contributed by atoms with Crippen LogP contribution in [0.4, 0.5) is 11.4 Å². The summed E-state index contributed by atoms with van der Waals surface area (Å²) in [6.45, 7) is 5.62. The second kappa shape index (κ2) is 5.66. The lowest BCUT2D eigenvalue weighted by molar-refractivity contribution is -0.123. The van der Waals surface area contributed by atoms with Crippen LogP contribution >= 0.6 is 0 Å². The topological polar surface area (TPSA) is 55.8 Å². The third-order valence-corrected chi connectivity index (χ3v) is 4.80. The normalized spacial score (nSPS) is 23.0. The predicted octanol–water partition coefficient (Wildman–Crippen LogP) is 1.59. The van der Waals surface area contributed by atoms with Gasteiger partial charge in [0.1, 0.15) is 0 Å². The van der Waals surface area contributed by atoms with E-state index in [9.17, 15) is 9.90 Å². The van der Waals surface area contributed by atoms with Crippen molar-refractivity contribution in [1.29, 1.82) is 0 Å². The first kappa shape index (κ1) is 14.4. The van der Waals surface area contributed by atoms with Crippen LogP contribution in [0.3, 0.4) is 0 Å². The number of fused-ring (bicyclic) bond motifs is 1. The second-order valence-corrected chi connectivity index (χ2v) is 5.94. The lowest BCUT2D eigenvalue weighted by Crippen LogP contribution is -2.43. The third-order valence-electron chi connectivity index (χ3n) is 4.80. The summed E-state index contributed by atoms with van der Waals surface area (Å²) in [5.74, 6) is -0.332. The van der Waals surface area contributed by atoms with Crippen LogP contribution in [0.5, 0.6) is 0 Å². The number of hydrogen-bond acceptors (Lipinski definition) is 4. The molecule has 0 radical (unpaired) electrons. The predicted molar refractivity (Wildman–Crippen MR) is 83.6 cm³/mol. The number of carbonyl (C=O) groups is 1. The van der Waals surface area contributed by atoms with Crippen LogP contribution in [0.1, 0.15) is 31.4 Å². The van der Waals surface area contributed by atoms with E-state index in [1.54, 1.807) is 0 Å². The Kier molecular flexibility index (Phi) is 3.87. The van der Waals surface area contributed by atoms with Gasteiger partial charge in [-0.05, 0) is 31.5 Å². The van der Waals surface area contributed by atoms with E-state index in [2.05, 4.69) is 29.1 Å². The van der Waals surface area contributed by atoms with Gasteiger partial charge in [-0.25, -0.2) is 0 Å². The van der Waals surface area contributed by atoms with Crippen LogP contribution in [0.2, 0.25) is 0 Å². The van der Waals surface area contributed by atoms with Gasteiger partial charge in [0.2, 0.25) is 0 Å². The number of likely N-dealkylation sites (tertiary alicyclic amines) is 1. The lowest BCUT2D eigenvalue weighted by Gasteiger charge is -2.37. The molecule has 1 amide bonds. The summed E-state index contributed by atoms with van der Waals surface area (Å²) in [5.41, 5.74) is 2.51. The van der Waals surface area contributed by atoms with Crippen molar-refractivity contribution in [3.8, 4) is 0 Å². The number of hydrogen-bond donors (Lipinski definition) is 2. The molecule has 0 bridgehead atoms. The Morgan fingerprint density at radius 1 is 1.38 bits per heavy atom. The molecule has 2 aliphatic rings. The number of carbonyl (C=O) groups excluding carboxylic acids is 1. The van der Waals surface area contributed by atoms with Crippen molar-refractivity contribution in [2.24, 2.45) is 0 Å². The van der Waals surface area contributed by atoms with E-state index in [1.807, 2.05) is 18.2 Å². The molecule has 1 fully saturated rings. The minimum atomic E-state index is -1.02. The number of nitrogens with one attached hydrogen (secondary N) is 1. The Labute approximate surface area is 125 Å². The second-order valence-electron chi connectivity index (χ2n) is 5.94. The van der Waals surface area contributed by atoms with Crippen LogP contribution < -0.4 is 10.2 Å². The fourth-order valence-corrected chi connectivity index (χ4v) is 3.29. The minimum Gasteiger partial charge on any atom is -0.378 e. The van der Waals surface area contributed by atoms with Crippen molar-refractivity contribution in [3.63, 3.8) is 0 Å². The molecule has 5 heteroatoms. The summed E-state index contributed by atoms with van der Waals surface area (Å²) in [6.07, 6.45) is 1.31. The van der Waals surface area contributed by atoms with Crippen LogP contribution in [0.25, 0.3) is 0 Å². The molecule has 3 rings (SSSR count). The molecule has 21 heavy (non-hydrogen) atoms.